The smallest absolute Gasteiger partial charge is 0.231 e. The SMILES string of the molecule is Brc1cccc(OCCSc2nnc(-c3ccc4c(c3)OCO4)n2-c2ccccc2)c1. The van der Waals surface area contributed by atoms with Gasteiger partial charge in [0.05, 0.1) is 6.61 Å². The van der Waals surface area contributed by atoms with Gasteiger partial charge in [-0.05, 0) is 48.5 Å². The van der Waals surface area contributed by atoms with Crippen molar-refractivity contribution in [2.24, 2.45) is 0 Å². The van der Waals surface area contributed by atoms with Crippen molar-refractivity contribution in [2.75, 3.05) is 19.2 Å². The minimum Gasteiger partial charge on any atom is -0.493 e. The second kappa shape index (κ2) is 9.03. The van der Waals surface area contributed by atoms with Crippen LogP contribution in [0.25, 0.3) is 17.1 Å². The van der Waals surface area contributed by atoms with Crippen LogP contribution in [0, 0.1) is 0 Å². The molecule has 1 aromatic heterocycles. The Hall–Kier alpha value is -2.97. The lowest BCUT2D eigenvalue weighted by Crippen LogP contribution is -2.03. The third-order valence-electron chi connectivity index (χ3n) is 4.66. The lowest BCUT2D eigenvalue weighted by molar-refractivity contribution is 0.174. The number of hydrogen-bond donors (Lipinski definition) is 0. The molecule has 1 aliphatic heterocycles. The van der Waals surface area contributed by atoms with Gasteiger partial charge in [0.25, 0.3) is 0 Å². The van der Waals surface area contributed by atoms with Gasteiger partial charge in [0.1, 0.15) is 5.75 Å². The molecule has 156 valence electrons. The molecule has 0 amide bonds. The van der Waals surface area contributed by atoms with E-state index in [2.05, 4.69) is 30.7 Å². The third kappa shape index (κ3) is 4.40. The summed E-state index contributed by atoms with van der Waals surface area (Å²) in [7, 11) is 0. The molecule has 5 rings (SSSR count). The molecule has 0 N–H and O–H groups in total. The largest absolute Gasteiger partial charge is 0.493 e. The van der Waals surface area contributed by atoms with Gasteiger partial charge >= 0.3 is 0 Å². The number of ether oxygens (including phenoxy) is 3. The highest BCUT2D eigenvalue weighted by atomic mass is 79.9. The predicted molar refractivity (Wildman–Crippen MR) is 123 cm³/mol. The van der Waals surface area contributed by atoms with Gasteiger partial charge in [-0.2, -0.15) is 0 Å². The van der Waals surface area contributed by atoms with Crippen LogP contribution < -0.4 is 14.2 Å². The van der Waals surface area contributed by atoms with Gasteiger partial charge in [0.2, 0.25) is 6.79 Å². The van der Waals surface area contributed by atoms with Crippen molar-refractivity contribution in [3.63, 3.8) is 0 Å². The Morgan fingerprint density at radius 1 is 0.935 bits per heavy atom. The van der Waals surface area contributed by atoms with Crippen LogP contribution in [-0.4, -0.2) is 33.9 Å². The van der Waals surface area contributed by atoms with Gasteiger partial charge < -0.3 is 14.2 Å². The number of fused-ring (bicyclic) bond motifs is 1. The minimum atomic E-state index is 0.239. The van der Waals surface area contributed by atoms with Crippen molar-refractivity contribution in [1.82, 2.24) is 14.8 Å². The Morgan fingerprint density at radius 2 is 1.81 bits per heavy atom. The predicted octanol–water partition coefficient (Wildman–Crippen LogP) is 5.60. The number of thioether (sulfide) groups is 1. The average Bonchev–Trinajstić information content (AvgIpc) is 3.44. The zero-order valence-corrected chi connectivity index (χ0v) is 18.8. The zero-order chi connectivity index (χ0) is 21.0. The molecule has 0 radical (unpaired) electrons. The van der Waals surface area contributed by atoms with Crippen molar-refractivity contribution in [1.29, 1.82) is 0 Å². The summed E-state index contributed by atoms with van der Waals surface area (Å²) in [6, 6.07) is 23.7. The van der Waals surface area contributed by atoms with Crippen molar-refractivity contribution < 1.29 is 14.2 Å². The van der Waals surface area contributed by atoms with E-state index >= 15 is 0 Å². The summed E-state index contributed by atoms with van der Waals surface area (Å²) < 4.78 is 19.9. The van der Waals surface area contributed by atoms with Gasteiger partial charge in [-0.15, -0.1) is 10.2 Å². The summed E-state index contributed by atoms with van der Waals surface area (Å²) in [5.41, 5.74) is 1.91. The highest BCUT2D eigenvalue weighted by molar-refractivity contribution is 9.10. The lowest BCUT2D eigenvalue weighted by Gasteiger charge is -2.11. The molecule has 2 heterocycles. The summed E-state index contributed by atoms with van der Waals surface area (Å²) in [6.45, 7) is 0.797. The van der Waals surface area contributed by atoms with Crippen LogP contribution in [0.3, 0.4) is 0 Å². The molecule has 0 saturated carbocycles. The molecule has 0 saturated heterocycles. The molecule has 0 unspecified atom stereocenters. The fraction of sp³-hybridized carbons (Fsp3) is 0.130. The topological polar surface area (TPSA) is 58.4 Å². The molecule has 0 fully saturated rings. The first-order chi connectivity index (χ1) is 15.3. The summed E-state index contributed by atoms with van der Waals surface area (Å²) >= 11 is 5.07. The Balaban J connectivity index is 1.39. The second-order valence-corrected chi connectivity index (χ2v) is 8.68. The highest BCUT2D eigenvalue weighted by Crippen LogP contribution is 2.37. The number of halogens is 1. The van der Waals surface area contributed by atoms with Crippen molar-refractivity contribution in [2.45, 2.75) is 5.16 Å². The monoisotopic (exact) mass is 495 g/mol. The Morgan fingerprint density at radius 3 is 2.68 bits per heavy atom. The molecule has 31 heavy (non-hydrogen) atoms. The van der Waals surface area contributed by atoms with Crippen molar-refractivity contribution in [3.05, 3.63) is 77.3 Å². The van der Waals surface area contributed by atoms with E-state index in [9.17, 15) is 0 Å². The fourth-order valence-corrected chi connectivity index (χ4v) is 4.39. The molecular weight excluding hydrogens is 478 g/mol. The van der Waals surface area contributed by atoms with E-state index < -0.39 is 0 Å². The molecule has 4 aromatic rings. The van der Waals surface area contributed by atoms with E-state index in [1.54, 1.807) is 11.8 Å². The molecule has 0 atom stereocenters. The second-order valence-electron chi connectivity index (χ2n) is 6.70. The van der Waals surface area contributed by atoms with E-state index in [-0.39, 0.29) is 6.79 Å². The van der Waals surface area contributed by atoms with Crippen LogP contribution >= 0.6 is 27.7 Å². The van der Waals surface area contributed by atoms with Gasteiger partial charge in [-0.3, -0.25) is 4.57 Å². The van der Waals surface area contributed by atoms with E-state index in [0.29, 0.717) is 6.61 Å². The average molecular weight is 496 g/mol. The number of hydrogen-bond acceptors (Lipinski definition) is 6. The standard InChI is InChI=1S/C23H18BrN3O3S/c24-17-5-4-8-19(14-17)28-11-12-31-23-26-25-22(27(23)18-6-2-1-3-7-18)16-9-10-20-21(13-16)30-15-29-20/h1-10,13-14H,11-12,15H2. The normalized spacial score (nSPS) is 12.2. The molecule has 1 aliphatic rings. The first kappa shape index (κ1) is 20.0. The van der Waals surface area contributed by atoms with E-state index in [1.165, 1.54) is 0 Å². The number of rotatable bonds is 7. The maximum atomic E-state index is 5.86. The number of benzene rings is 3. The van der Waals surface area contributed by atoms with Crippen LogP contribution in [0.4, 0.5) is 0 Å². The molecule has 8 heteroatoms. The van der Waals surface area contributed by atoms with E-state index in [1.807, 2.05) is 72.8 Å². The van der Waals surface area contributed by atoms with E-state index in [0.717, 1.165) is 49.7 Å². The maximum Gasteiger partial charge on any atom is 0.231 e. The summed E-state index contributed by atoms with van der Waals surface area (Å²) in [6.07, 6.45) is 0. The molecule has 0 bridgehead atoms. The Bertz CT molecular complexity index is 1200. The first-order valence-corrected chi connectivity index (χ1v) is 11.5. The zero-order valence-electron chi connectivity index (χ0n) is 16.4. The molecule has 6 nitrogen and oxygen atoms in total. The quantitative estimate of drug-likeness (QED) is 0.245. The van der Waals surface area contributed by atoms with Gasteiger partial charge in [0, 0.05) is 21.5 Å². The first-order valence-electron chi connectivity index (χ1n) is 9.70. The Kier molecular flexibility index (Phi) is 5.82. The fourth-order valence-electron chi connectivity index (χ4n) is 3.25. The number of para-hydroxylation sites is 1. The van der Waals surface area contributed by atoms with Crippen molar-refractivity contribution in [3.8, 4) is 34.3 Å². The third-order valence-corrected chi connectivity index (χ3v) is 6.04. The minimum absolute atomic E-state index is 0.239. The van der Waals surface area contributed by atoms with Gasteiger partial charge in [-0.1, -0.05) is 52.0 Å². The highest BCUT2D eigenvalue weighted by Gasteiger charge is 2.20. The Labute approximate surface area is 192 Å². The summed E-state index contributed by atoms with van der Waals surface area (Å²) in [5.74, 6) is 3.78. The maximum absolute atomic E-state index is 5.86. The molecule has 0 spiro atoms. The van der Waals surface area contributed by atoms with Gasteiger partial charge in [-0.25, -0.2) is 0 Å². The number of aromatic nitrogens is 3. The van der Waals surface area contributed by atoms with Crippen molar-refractivity contribution >= 4 is 27.7 Å². The van der Waals surface area contributed by atoms with Crippen LogP contribution in [0.1, 0.15) is 0 Å². The van der Waals surface area contributed by atoms with Gasteiger partial charge in [0.15, 0.2) is 22.5 Å². The molecule has 3 aromatic carbocycles. The lowest BCUT2D eigenvalue weighted by atomic mass is 10.2. The summed E-state index contributed by atoms with van der Waals surface area (Å²) in [4.78, 5) is 0. The number of nitrogens with zero attached hydrogens (tertiary/aromatic N) is 3. The van der Waals surface area contributed by atoms with Crippen LogP contribution in [0.15, 0.2) is 82.4 Å². The van der Waals surface area contributed by atoms with Crippen LogP contribution in [0.2, 0.25) is 0 Å². The van der Waals surface area contributed by atoms with E-state index in [4.69, 9.17) is 14.2 Å². The molecular formula is C23H18BrN3O3S. The van der Waals surface area contributed by atoms with Crippen LogP contribution in [-0.2, 0) is 0 Å². The van der Waals surface area contributed by atoms with Crippen LogP contribution in [0.5, 0.6) is 17.2 Å². The molecule has 0 aliphatic carbocycles. The summed E-state index contributed by atoms with van der Waals surface area (Å²) in [5, 5.41) is 9.75.